The van der Waals surface area contributed by atoms with Crippen LogP contribution in [-0.4, -0.2) is 39.9 Å². The molecule has 4 N–H and O–H groups in total. The van der Waals surface area contributed by atoms with Gasteiger partial charge < -0.3 is 15.8 Å². The summed E-state index contributed by atoms with van der Waals surface area (Å²) in [6, 6.07) is 9.88. The maximum atomic E-state index is 12.8. The quantitative estimate of drug-likeness (QED) is 0.581. The molecule has 0 heterocycles. The van der Waals surface area contributed by atoms with Gasteiger partial charge in [0.05, 0.1) is 24.1 Å². The Kier molecular flexibility index (Phi) is 6.37. The number of esters is 1. The summed E-state index contributed by atoms with van der Waals surface area (Å²) in [7, 11) is -2.84. The largest absolute Gasteiger partial charge is 0.465 e. The van der Waals surface area contributed by atoms with E-state index in [0.29, 0.717) is 5.56 Å². The van der Waals surface area contributed by atoms with E-state index >= 15 is 0 Å². The molecule has 0 fully saturated rings. The Morgan fingerprint density at radius 2 is 1.79 bits per heavy atom. The van der Waals surface area contributed by atoms with Crippen LogP contribution in [0, 0.1) is 6.92 Å². The fourth-order valence-corrected chi connectivity index (χ4v) is 3.66. The van der Waals surface area contributed by atoms with Crippen molar-refractivity contribution in [3.63, 3.8) is 0 Å². The van der Waals surface area contributed by atoms with Crippen LogP contribution in [-0.2, 0) is 19.6 Å². The Hall–Kier alpha value is -3.40. The van der Waals surface area contributed by atoms with Crippen molar-refractivity contribution in [3.8, 4) is 0 Å². The fourth-order valence-electron chi connectivity index (χ4n) is 2.34. The van der Waals surface area contributed by atoms with E-state index in [2.05, 4.69) is 14.8 Å². The third kappa shape index (κ3) is 5.07. The zero-order chi connectivity index (χ0) is 20.9. The molecule has 0 aromatic heterocycles. The van der Waals surface area contributed by atoms with Crippen molar-refractivity contribution in [2.45, 2.75) is 11.8 Å². The monoisotopic (exact) mass is 405 g/mol. The summed E-state index contributed by atoms with van der Waals surface area (Å²) in [5.74, 6) is -1.94. The number of sulfonamides is 1. The predicted octanol–water partition coefficient (Wildman–Crippen LogP) is 0.798. The summed E-state index contributed by atoms with van der Waals surface area (Å²) in [4.78, 5) is 34.3. The lowest BCUT2D eigenvalue weighted by atomic mass is 10.1. The Balaban J connectivity index is 2.30. The third-order valence-electron chi connectivity index (χ3n) is 3.70. The van der Waals surface area contributed by atoms with Gasteiger partial charge in [0.1, 0.15) is 0 Å². The zero-order valence-electron chi connectivity index (χ0n) is 15.2. The number of rotatable bonds is 7. The van der Waals surface area contributed by atoms with Gasteiger partial charge in [-0.25, -0.2) is 13.2 Å². The van der Waals surface area contributed by atoms with Crippen molar-refractivity contribution in [1.29, 1.82) is 0 Å². The van der Waals surface area contributed by atoms with E-state index in [1.54, 1.807) is 6.92 Å². The number of nitrogens with two attached hydrogens (primary N) is 1. The molecule has 0 saturated heterocycles. The topological polar surface area (TPSA) is 145 Å². The molecule has 9 nitrogen and oxygen atoms in total. The molecule has 2 rings (SSSR count). The van der Waals surface area contributed by atoms with Gasteiger partial charge in [-0.1, -0.05) is 12.1 Å². The highest BCUT2D eigenvalue weighted by Gasteiger charge is 2.20. The number of ether oxygens (including phenoxy) is 1. The van der Waals surface area contributed by atoms with Gasteiger partial charge in [-0.05, 0) is 42.8 Å². The molecule has 2 aromatic carbocycles. The van der Waals surface area contributed by atoms with E-state index in [1.807, 2.05) is 0 Å². The second-order valence-electron chi connectivity index (χ2n) is 5.81. The Morgan fingerprint density at radius 1 is 1.07 bits per heavy atom. The number of primary amides is 1. The summed E-state index contributed by atoms with van der Waals surface area (Å²) in [5.41, 5.74) is 5.77. The molecule has 0 bridgehead atoms. The van der Waals surface area contributed by atoms with Gasteiger partial charge >= 0.3 is 5.97 Å². The molecule has 0 unspecified atom stereocenters. The van der Waals surface area contributed by atoms with E-state index in [9.17, 15) is 22.8 Å². The highest BCUT2D eigenvalue weighted by atomic mass is 32.2. The zero-order valence-corrected chi connectivity index (χ0v) is 16.0. The summed E-state index contributed by atoms with van der Waals surface area (Å²) >= 11 is 0. The number of hydrogen-bond donors (Lipinski definition) is 3. The molecule has 0 aliphatic carbocycles. The smallest absolute Gasteiger partial charge is 0.337 e. The second kappa shape index (κ2) is 8.53. The highest BCUT2D eigenvalue weighted by Crippen LogP contribution is 2.22. The molecule has 2 aromatic rings. The Morgan fingerprint density at radius 3 is 2.43 bits per heavy atom. The van der Waals surface area contributed by atoms with Gasteiger partial charge in [0.2, 0.25) is 5.91 Å². The van der Waals surface area contributed by atoms with E-state index in [1.165, 1.54) is 49.6 Å². The van der Waals surface area contributed by atoms with Crippen LogP contribution >= 0.6 is 0 Å². The summed E-state index contributed by atoms with van der Waals surface area (Å²) in [5, 5.41) is 2.31. The summed E-state index contributed by atoms with van der Waals surface area (Å²) in [6.45, 7) is 1.25. The number of carbonyl (C=O) groups excluding carboxylic acids is 3. The number of anilines is 1. The van der Waals surface area contributed by atoms with Crippen LogP contribution in [0.2, 0.25) is 0 Å². The first-order chi connectivity index (χ1) is 13.1. The van der Waals surface area contributed by atoms with Gasteiger partial charge in [0.15, 0.2) is 0 Å². The number of aryl methyl sites for hydroxylation is 1. The minimum Gasteiger partial charge on any atom is -0.465 e. The van der Waals surface area contributed by atoms with Crippen molar-refractivity contribution in [2.75, 3.05) is 18.4 Å². The lowest BCUT2D eigenvalue weighted by Gasteiger charge is -2.12. The standard InChI is InChI=1S/C18H19N3O6S/c1-11-6-7-13(18(24)27-2)9-15(11)28(25,26)21-14-5-3-4-12(8-14)17(23)20-10-16(19)22/h3-9,21H,10H2,1-2H3,(H2,19,22)(H,20,23). The highest BCUT2D eigenvalue weighted by molar-refractivity contribution is 7.92. The van der Waals surface area contributed by atoms with Crippen molar-refractivity contribution in [3.05, 3.63) is 59.2 Å². The molecule has 0 spiro atoms. The van der Waals surface area contributed by atoms with Crippen LogP contribution in [0.3, 0.4) is 0 Å². The minimum absolute atomic E-state index is 0.0908. The van der Waals surface area contributed by atoms with Gasteiger partial charge in [-0.15, -0.1) is 0 Å². The van der Waals surface area contributed by atoms with Crippen LogP contribution in [0.1, 0.15) is 26.3 Å². The molecule has 10 heteroatoms. The average Bonchev–Trinajstić information content (AvgIpc) is 2.65. The Bertz CT molecular complexity index is 1030. The van der Waals surface area contributed by atoms with Crippen LogP contribution in [0.25, 0.3) is 0 Å². The SMILES string of the molecule is COC(=O)c1ccc(C)c(S(=O)(=O)Nc2cccc(C(=O)NCC(N)=O)c2)c1. The molecule has 0 radical (unpaired) electrons. The molecule has 28 heavy (non-hydrogen) atoms. The molecule has 148 valence electrons. The lowest BCUT2D eigenvalue weighted by molar-refractivity contribution is -0.117. The lowest BCUT2D eigenvalue weighted by Crippen LogP contribution is -2.33. The molecule has 0 atom stereocenters. The first-order valence-electron chi connectivity index (χ1n) is 8.02. The number of amides is 2. The van der Waals surface area contributed by atoms with Crippen molar-refractivity contribution < 1.29 is 27.5 Å². The number of benzene rings is 2. The van der Waals surface area contributed by atoms with Gasteiger partial charge in [-0.3, -0.25) is 14.3 Å². The second-order valence-corrected chi connectivity index (χ2v) is 7.46. The van der Waals surface area contributed by atoms with E-state index < -0.39 is 27.8 Å². The first-order valence-corrected chi connectivity index (χ1v) is 9.50. The molecule has 0 aliphatic rings. The van der Waals surface area contributed by atoms with Gasteiger partial charge in [-0.2, -0.15) is 0 Å². The van der Waals surface area contributed by atoms with Crippen LogP contribution in [0.4, 0.5) is 5.69 Å². The van der Waals surface area contributed by atoms with E-state index in [0.717, 1.165) is 0 Å². The minimum atomic E-state index is -4.04. The number of nitrogens with one attached hydrogen (secondary N) is 2. The predicted molar refractivity (Wildman–Crippen MR) is 101 cm³/mol. The molecule has 2 amide bonds. The van der Waals surface area contributed by atoms with E-state index in [4.69, 9.17) is 5.73 Å². The van der Waals surface area contributed by atoms with Gasteiger partial charge in [0, 0.05) is 11.3 Å². The van der Waals surface area contributed by atoms with Crippen LogP contribution in [0.5, 0.6) is 0 Å². The maximum Gasteiger partial charge on any atom is 0.337 e. The average molecular weight is 405 g/mol. The van der Waals surface area contributed by atoms with Crippen LogP contribution in [0.15, 0.2) is 47.4 Å². The number of hydrogen-bond acceptors (Lipinski definition) is 6. The normalized spacial score (nSPS) is 10.8. The third-order valence-corrected chi connectivity index (χ3v) is 5.22. The number of methoxy groups -OCH3 is 1. The van der Waals surface area contributed by atoms with Crippen molar-refractivity contribution in [1.82, 2.24) is 5.32 Å². The molecular formula is C18H19N3O6S. The molecular weight excluding hydrogens is 386 g/mol. The first kappa shape index (κ1) is 20.9. The fraction of sp³-hybridized carbons (Fsp3) is 0.167. The summed E-state index contributed by atoms with van der Waals surface area (Å²) in [6.07, 6.45) is 0. The van der Waals surface area contributed by atoms with Crippen molar-refractivity contribution >= 4 is 33.5 Å². The number of carbonyl (C=O) groups is 3. The maximum absolute atomic E-state index is 12.8. The molecule has 0 aliphatic heterocycles. The summed E-state index contributed by atoms with van der Waals surface area (Å²) < 4.78 is 32.5. The van der Waals surface area contributed by atoms with E-state index in [-0.39, 0.29) is 28.3 Å². The van der Waals surface area contributed by atoms with Crippen LogP contribution < -0.4 is 15.8 Å². The van der Waals surface area contributed by atoms with Crippen molar-refractivity contribution in [2.24, 2.45) is 5.73 Å². The Labute approximate surface area is 161 Å². The van der Waals surface area contributed by atoms with Gasteiger partial charge in [0.25, 0.3) is 15.9 Å². The molecule has 0 saturated carbocycles.